The van der Waals surface area contributed by atoms with Crippen molar-refractivity contribution in [3.8, 4) is 0 Å². The summed E-state index contributed by atoms with van der Waals surface area (Å²) in [5.74, 6) is -0.285. The summed E-state index contributed by atoms with van der Waals surface area (Å²) in [7, 11) is 0. The molecule has 92 valence electrons. The first-order chi connectivity index (χ1) is 8.22. The van der Waals surface area contributed by atoms with Gasteiger partial charge in [-0.05, 0) is 18.9 Å². The topological polar surface area (TPSA) is 64.4 Å². The molecule has 1 aliphatic heterocycles. The lowest BCUT2D eigenvalue weighted by molar-refractivity contribution is -0.0773. The smallest absolute Gasteiger partial charge is 0.271 e. The van der Waals surface area contributed by atoms with Crippen molar-refractivity contribution in [3.05, 3.63) is 28.2 Å². The predicted octanol–water partition coefficient (Wildman–Crippen LogP) is 0.431. The van der Waals surface area contributed by atoms with Gasteiger partial charge in [-0.2, -0.15) is 5.10 Å². The van der Waals surface area contributed by atoms with E-state index in [9.17, 15) is 9.59 Å². The van der Waals surface area contributed by atoms with Crippen molar-refractivity contribution >= 4 is 5.91 Å². The third kappa shape index (κ3) is 2.52. The molecule has 2 heterocycles. The van der Waals surface area contributed by atoms with Crippen LogP contribution >= 0.6 is 0 Å². The van der Waals surface area contributed by atoms with Gasteiger partial charge in [-0.15, -0.1) is 0 Å². The SMILES string of the molecule is CCCn1nc(C(=O)N2CCCO2)ccc1=O. The van der Waals surface area contributed by atoms with Gasteiger partial charge in [0.1, 0.15) is 0 Å². The molecule has 6 heteroatoms. The Morgan fingerprint density at radius 1 is 1.53 bits per heavy atom. The average molecular weight is 237 g/mol. The molecule has 1 fully saturated rings. The Balaban J connectivity index is 2.23. The van der Waals surface area contributed by atoms with Crippen LogP contribution in [-0.4, -0.2) is 33.9 Å². The second-order valence-electron chi connectivity index (χ2n) is 3.87. The van der Waals surface area contributed by atoms with Crippen LogP contribution in [-0.2, 0) is 11.4 Å². The summed E-state index contributed by atoms with van der Waals surface area (Å²) in [4.78, 5) is 28.5. The monoisotopic (exact) mass is 237 g/mol. The largest absolute Gasteiger partial charge is 0.297 e. The molecule has 1 aromatic rings. The lowest BCUT2D eigenvalue weighted by atomic mass is 10.3. The van der Waals surface area contributed by atoms with Gasteiger partial charge in [0.15, 0.2) is 5.69 Å². The molecule has 0 aliphatic carbocycles. The Bertz CT molecular complexity index is 463. The molecule has 0 atom stereocenters. The van der Waals surface area contributed by atoms with Crippen LogP contribution in [0.2, 0.25) is 0 Å². The third-order valence-corrected chi connectivity index (χ3v) is 2.50. The van der Waals surface area contributed by atoms with E-state index in [0.717, 1.165) is 12.8 Å². The standard InChI is InChI=1S/C11H15N3O3/c1-2-6-13-10(15)5-4-9(12-13)11(16)14-7-3-8-17-14/h4-5H,2-3,6-8H2,1H3. The molecule has 6 nitrogen and oxygen atoms in total. The van der Waals surface area contributed by atoms with Crippen LogP contribution in [0.25, 0.3) is 0 Å². The van der Waals surface area contributed by atoms with E-state index in [1.807, 2.05) is 6.92 Å². The van der Waals surface area contributed by atoms with Crippen molar-refractivity contribution in [1.82, 2.24) is 14.8 Å². The highest BCUT2D eigenvalue weighted by atomic mass is 16.7. The summed E-state index contributed by atoms with van der Waals surface area (Å²) >= 11 is 0. The molecule has 0 N–H and O–H groups in total. The number of hydrogen-bond donors (Lipinski definition) is 0. The number of carbonyl (C=O) groups is 1. The van der Waals surface area contributed by atoms with Crippen molar-refractivity contribution in [2.24, 2.45) is 0 Å². The zero-order valence-electron chi connectivity index (χ0n) is 9.76. The van der Waals surface area contributed by atoms with Gasteiger partial charge in [0.05, 0.1) is 13.2 Å². The minimum atomic E-state index is -0.285. The molecule has 17 heavy (non-hydrogen) atoms. The van der Waals surface area contributed by atoms with Gasteiger partial charge in [-0.25, -0.2) is 9.75 Å². The molecule has 0 unspecified atom stereocenters. The van der Waals surface area contributed by atoms with Crippen molar-refractivity contribution in [3.63, 3.8) is 0 Å². The van der Waals surface area contributed by atoms with Crippen LogP contribution < -0.4 is 5.56 Å². The highest BCUT2D eigenvalue weighted by Gasteiger charge is 2.22. The van der Waals surface area contributed by atoms with Crippen LogP contribution in [0.3, 0.4) is 0 Å². The first-order valence-electron chi connectivity index (χ1n) is 5.75. The van der Waals surface area contributed by atoms with E-state index >= 15 is 0 Å². The van der Waals surface area contributed by atoms with Gasteiger partial charge in [-0.3, -0.25) is 14.4 Å². The van der Waals surface area contributed by atoms with Gasteiger partial charge < -0.3 is 0 Å². The summed E-state index contributed by atoms with van der Waals surface area (Å²) in [6.07, 6.45) is 1.63. The second kappa shape index (κ2) is 5.09. The Morgan fingerprint density at radius 2 is 2.35 bits per heavy atom. The minimum absolute atomic E-state index is 0.189. The van der Waals surface area contributed by atoms with Gasteiger partial charge in [0.25, 0.3) is 11.5 Å². The minimum Gasteiger partial charge on any atom is -0.271 e. The maximum atomic E-state index is 11.9. The Labute approximate surface area is 98.7 Å². The summed E-state index contributed by atoms with van der Waals surface area (Å²) in [5.41, 5.74) is 0.0608. The molecule has 0 radical (unpaired) electrons. The summed E-state index contributed by atoms with van der Waals surface area (Å²) < 4.78 is 1.31. The first-order valence-corrected chi connectivity index (χ1v) is 5.75. The summed E-state index contributed by atoms with van der Waals surface area (Å²) in [5, 5.41) is 5.33. The number of hydroxylamine groups is 2. The number of hydrogen-bond acceptors (Lipinski definition) is 4. The molecule has 0 aromatic carbocycles. The molecule has 2 rings (SSSR count). The highest BCUT2D eigenvalue weighted by molar-refractivity contribution is 5.91. The number of amides is 1. The van der Waals surface area contributed by atoms with Crippen LogP contribution in [0.5, 0.6) is 0 Å². The van der Waals surface area contributed by atoms with Gasteiger partial charge in [0, 0.05) is 12.6 Å². The first kappa shape index (κ1) is 11.8. The molecular formula is C11H15N3O3. The summed E-state index contributed by atoms with van der Waals surface area (Å²) in [6, 6.07) is 2.81. The van der Waals surface area contributed by atoms with Crippen molar-refractivity contribution in [1.29, 1.82) is 0 Å². The fraction of sp³-hybridized carbons (Fsp3) is 0.545. The third-order valence-electron chi connectivity index (χ3n) is 2.50. The lowest BCUT2D eigenvalue weighted by Crippen LogP contribution is -2.31. The molecule has 0 spiro atoms. The Hall–Kier alpha value is -1.69. The van der Waals surface area contributed by atoms with Gasteiger partial charge in [0.2, 0.25) is 0 Å². The number of aromatic nitrogens is 2. The van der Waals surface area contributed by atoms with Crippen LogP contribution in [0.1, 0.15) is 30.3 Å². The number of aryl methyl sites for hydroxylation is 1. The van der Waals surface area contributed by atoms with Crippen molar-refractivity contribution < 1.29 is 9.63 Å². The van der Waals surface area contributed by atoms with Gasteiger partial charge in [-0.1, -0.05) is 6.92 Å². The Morgan fingerprint density at radius 3 is 3.00 bits per heavy atom. The number of carbonyl (C=O) groups excluding carboxylic acids is 1. The van der Waals surface area contributed by atoms with Crippen molar-refractivity contribution in [2.45, 2.75) is 26.3 Å². The van der Waals surface area contributed by atoms with Crippen molar-refractivity contribution in [2.75, 3.05) is 13.2 Å². The average Bonchev–Trinajstić information content (AvgIpc) is 2.85. The molecule has 1 aromatic heterocycles. The molecule has 0 bridgehead atoms. The van der Waals surface area contributed by atoms with E-state index in [-0.39, 0.29) is 17.2 Å². The highest BCUT2D eigenvalue weighted by Crippen LogP contribution is 2.08. The zero-order chi connectivity index (χ0) is 12.3. The number of nitrogens with zero attached hydrogens (tertiary/aromatic N) is 3. The molecule has 1 aliphatic rings. The predicted molar refractivity (Wildman–Crippen MR) is 60.4 cm³/mol. The van der Waals surface area contributed by atoms with Gasteiger partial charge >= 0.3 is 0 Å². The van der Waals surface area contributed by atoms with Crippen LogP contribution in [0, 0.1) is 0 Å². The van der Waals surface area contributed by atoms with Crippen LogP contribution in [0.4, 0.5) is 0 Å². The van der Waals surface area contributed by atoms with E-state index in [0.29, 0.717) is 19.7 Å². The van der Waals surface area contributed by atoms with E-state index in [1.165, 1.54) is 21.9 Å². The number of rotatable bonds is 3. The van der Waals surface area contributed by atoms with E-state index < -0.39 is 0 Å². The quantitative estimate of drug-likeness (QED) is 0.764. The zero-order valence-corrected chi connectivity index (χ0v) is 9.76. The molecular weight excluding hydrogens is 222 g/mol. The second-order valence-corrected chi connectivity index (χ2v) is 3.87. The molecule has 0 saturated carbocycles. The normalized spacial score (nSPS) is 15.2. The van der Waals surface area contributed by atoms with E-state index in [2.05, 4.69) is 5.10 Å². The maximum Gasteiger partial charge on any atom is 0.297 e. The fourth-order valence-corrected chi connectivity index (χ4v) is 1.67. The van der Waals surface area contributed by atoms with E-state index in [4.69, 9.17) is 4.84 Å². The molecule has 1 saturated heterocycles. The van der Waals surface area contributed by atoms with Crippen LogP contribution in [0.15, 0.2) is 16.9 Å². The Kier molecular flexibility index (Phi) is 3.53. The fourth-order valence-electron chi connectivity index (χ4n) is 1.67. The van der Waals surface area contributed by atoms with E-state index in [1.54, 1.807) is 0 Å². The summed E-state index contributed by atoms with van der Waals surface area (Å²) in [6.45, 7) is 3.60. The molecule has 1 amide bonds. The maximum absolute atomic E-state index is 11.9. The lowest BCUT2D eigenvalue weighted by Gasteiger charge is -2.13.